The predicted molar refractivity (Wildman–Crippen MR) is 119 cm³/mol. The first-order valence-electron chi connectivity index (χ1n) is 10.1. The summed E-state index contributed by atoms with van der Waals surface area (Å²) in [4.78, 5) is 35.2. The van der Waals surface area contributed by atoms with Crippen molar-refractivity contribution in [3.8, 4) is 23.3 Å². The zero-order chi connectivity index (χ0) is 24.2. The van der Waals surface area contributed by atoms with E-state index in [9.17, 15) is 19.7 Å². The van der Waals surface area contributed by atoms with E-state index in [1.165, 1.54) is 27.4 Å². The van der Waals surface area contributed by atoms with Gasteiger partial charge in [-0.15, -0.1) is 0 Å². The molecule has 0 bridgehead atoms. The predicted octanol–water partition coefficient (Wildman–Crippen LogP) is 4.05. The van der Waals surface area contributed by atoms with Crippen LogP contribution in [-0.4, -0.2) is 38.2 Å². The van der Waals surface area contributed by atoms with Crippen molar-refractivity contribution in [3.05, 3.63) is 63.2 Å². The van der Waals surface area contributed by atoms with Gasteiger partial charge < -0.3 is 18.9 Å². The van der Waals surface area contributed by atoms with E-state index in [0.29, 0.717) is 19.3 Å². The smallest absolute Gasteiger partial charge is 0.345 e. The Morgan fingerprint density at radius 2 is 1.79 bits per heavy atom. The SMILES string of the molecule is COC(=O)CCCCC#Cc1c(OC)c(OC)cc(C(=O)OCc2ccccc2)c1[N+](=O)[O-]. The van der Waals surface area contributed by atoms with Gasteiger partial charge in [0, 0.05) is 18.9 Å². The summed E-state index contributed by atoms with van der Waals surface area (Å²) in [7, 11) is 4.00. The lowest BCUT2D eigenvalue weighted by atomic mass is 10.0. The van der Waals surface area contributed by atoms with Gasteiger partial charge >= 0.3 is 17.6 Å². The second kappa shape index (κ2) is 12.7. The van der Waals surface area contributed by atoms with E-state index in [4.69, 9.17) is 14.2 Å². The molecule has 0 aliphatic carbocycles. The molecule has 0 saturated heterocycles. The number of unbranched alkanes of at least 4 members (excludes halogenated alkanes) is 2. The van der Waals surface area contributed by atoms with Crippen molar-refractivity contribution >= 4 is 17.6 Å². The van der Waals surface area contributed by atoms with Gasteiger partial charge in [-0.3, -0.25) is 14.9 Å². The van der Waals surface area contributed by atoms with Gasteiger partial charge in [-0.05, 0) is 18.4 Å². The monoisotopic (exact) mass is 455 g/mol. The number of nitro benzene ring substituents is 1. The van der Waals surface area contributed by atoms with Gasteiger partial charge in [0.05, 0.1) is 26.3 Å². The quantitative estimate of drug-likeness (QED) is 0.173. The normalized spacial score (nSPS) is 9.91. The van der Waals surface area contributed by atoms with Crippen LogP contribution in [0.2, 0.25) is 0 Å². The molecule has 9 heteroatoms. The standard InChI is InChI=1S/C24H25NO8/c1-30-20-15-19(24(27)33-16-17-11-7-6-8-12-17)22(25(28)29)18(23(20)32-3)13-9-4-5-10-14-21(26)31-2/h6-8,11-12,15H,4-5,10,14,16H2,1-3H3. The number of nitro groups is 1. The van der Waals surface area contributed by atoms with E-state index in [0.717, 1.165) is 5.56 Å². The first-order chi connectivity index (χ1) is 15.9. The van der Waals surface area contributed by atoms with E-state index >= 15 is 0 Å². The Morgan fingerprint density at radius 1 is 1.06 bits per heavy atom. The van der Waals surface area contributed by atoms with Crippen molar-refractivity contribution in [2.24, 2.45) is 0 Å². The Kier molecular flexibility index (Phi) is 9.71. The highest BCUT2D eigenvalue weighted by Crippen LogP contribution is 2.40. The number of benzene rings is 2. The summed E-state index contributed by atoms with van der Waals surface area (Å²) in [5, 5.41) is 11.9. The molecule has 0 aliphatic heterocycles. The topological polar surface area (TPSA) is 114 Å². The number of carbonyl (C=O) groups excluding carboxylic acids is 2. The maximum atomic E-state index is 12.8. The van der Waals surface area contributed by atoms with Crippen molar-refractivity contribution in [3.63, 3.8) is 0 Å². The van der Waals surface area contributed by atoms with Gasteiger partial charge in [-0.25, -0.2) is 4.79 Å². The number of esters is 2. The molecule has 0 N–H and O–H groups in total. The lowest BCUT2D eigenvalue weighted by molar-refractivity contribution is -0.385. The van der Waals surface area contributed by atoms with E-state index < -0.39 is 16.6 Å². The molecule has 0 atom stereocenters. The zero-order valence-electron chi connectivity index (χ0n) is 18.7. The summed E-state index contributed by atoms with van der Waals surface area (Å²) in [5.74, 6) is 4.55. The number of nitrogens with zero attached hydrogens (tertiary/aromatic N) is 1. The summed E-state index contributed by atoms with van der Waals surface area (Å²) in [6, 6.07) is 10.2. The van der Waals surface area contributed by atoms with Crippen LogP contribution in [0.1, 0.15) is 47.2 Å². The van der Waals surface area contributed by atoms with Gasteiger partial charge in [0.2, 0.25) is 0 Å². The second-order valence-electron chi connectivity index (χ2n) is 6.79. The molecule has 174 valence electrons. The molecular weight excluding hydrogens is 430 g/mol. The molecule has 33 heavy (non-hydrogen) atoms. The third-order valence-corrected chi connectivity index (χ3v) is 4.63. The van der Waals surface area contributed by atoms with Crippen molar-refractivity contribution in [1.29, 1.82) is 0 Å². The lowest BCUT2D eigenvalue weighted by Gasteiger charge is -2.13. The second-order valence-corrected chi connectivity index (χ2v) is 6.79. The third-order valence-electron chi connectivity index (χ3n) is 4.63. The molecule has 0 unspecified atom stereocenters. The molecule has 0 radical (unpaired) electrons. The minimum absolute atomic E-state index is 0.0471. The molecule has 0 heterocycles. The van der Waals surface area contributed by atoms with Gasteiger partial charge in [0.1, 0.15) is 17.7 Å². The molecular formula is C24H25NO8. The average molecular weight is 455 g/mol. The van der Waals surface area contributed by atoms with Crippen LogP contribution in [0.25, 0.3) is 0 Å². The number of carbonyl (C=O) groups is 2. The molecule has 0 saturated carbocycles. The van der Waals surface area contributed by atoms with Crippen LogP contribution in [0, 0.1) is 22.0 Å². The van der Waals surface area contributed by atoms with E-state index in [1.54, 1.807) is 24.3 Å². The Morgan fingerprint density at radius 3 is 2.39 bits per heavy atom. The molecule has 2 aromatic carbocycles. The van der Waals surface area contributed by atoms with Gasteiger partial charge in [-0.2, -0.15) is 0 Å². The zero-order valence-corrected chi connectivity index (χ0v) is 18.7. The number of rotatable bonds is 10. The lowest BCUT2D eigenvalue weighted by Crippen LogP contribution is -2.11. The molecule has 0 fully saturated rings. The van der Waals surface area contributed by atoms with E-state index in [-0.39, 0.29) is 41.6 Å². The molecule has 0 aromatic heterocycles. The molecule has 0 aliphatic rings. The van der Waals surface area contributed by atoms with Crippen LogP contribution in [0.15, 0.2) is 36.4 Å². The van der Waals surface area contributed by atoms with Crippen LogP contribution in [0.4, 0.5) is 5.69 Å². The summed E-state index contributed by atoms with van der Waals surface area (Å²) < 4.78 is 20.5. The molecule has 2 rings (SSSR count). The largest absolute Gasteiger partial charge is 0.493 e. The fraction of sp³-hybridized carbons (Fsp3) is 0.333. The van der Waals surface area contributed by atoms with Crippen molar-refractivity contribution in [2.45, 2.75) is 32.3 Å². The van der Waals surface area contributed by atoms with Crippen molar-refractivity contribution in [2.75, 3.05) is 21.3 Å². The number of ether oxygens (including phenoxy) is 4. The maximum absolute atomic E-state index is 12.8. The van der Waals surface area contributed by atoms with Crippen LogP contribution >= 0.6 is 0 Å². The third kappa shape index (κ3) is 6.97. The Bertz CT molecular complexity index is 1050. The highest BCUT2D eigenvalue weighted by atomic mass is 16.6. The van der Waals surface area contributed by atoms with Crippen molar-refractivity contribution < 1.29 is 33.5 Å². The van der Waals surface area contributed by atoms with Crippen LogP contribution in [0.5, 0.6) is 11.5 Å². The van der Waals surface area contributed by atoms with Crippen LogP contribution < -0.4 is 9.47 Å². The minimum atomic E-state index is -0.882. The summed E-state index contributed by atoms with van der Waals surface area (Å²) in [6.45, 7) is -0.0492. The van der Waals surface area contributed by atoms with Gasteiger partial charge in [-0.1, -0.05) is 42.2 Å². The highest BCUT2D eigenvalue weighted by Gasteiger charge is 2.31. The Labute approximate surface area is 191 Å². The first kappa shape index (κ1) is 25.2. The summed E-state index contributed by atoms with van der Waals surface area (Å²) in [6.07, 6.45) is 1.80. The Hall–Kier alpha value is -4.06. The van der Waals surface area contributed by atoms with Gasteiger partial charge in [0.25, 0.3) is 0 Å². The van der Waals surface area contributed by atoms with Crippen LogP contribution in [0.3, 0.4) is 0 Å². The summed E-state index contributed by atoms with van der Waals surface area (Å²) in [5.41, 5.74) is -0.154. The van der Waals surface area contributed by atoms with E-state index in [1.807, 2.05) is 6.07 Å². The van der Waals surface area contributed by atoms with Crippen molar-refractivity contribution in [1.82, 2.24) is 0 Å². The fourth-order valence-electron chi connectivity index (χ4n) is 2.98. The number of hydrogen-bond donors (Lipinski definition) is 0. The maximum Gasteiger partial charge on any atom is 0.345 e. The molecule has 0 amide bonds. The number of hydrogen-bond acceptors (Lipinski definition) is 8. The Balaban J connectivity index is 2.35. The minimum Gasteiger partial charge on any atom is -0.493 e. The fourth-order valence-corrected chi connectivity index (χ4v) is 2.98. The highest BCUT2D eigenvalue weighted by molar-refractivity contribution is 5.97. The summed E-state index contributed by atoms with van der Waals surface area (Å²) >= 11 is 0. The van der Waals surface area contributed by atoms with Gasteiger partial charge in [0.15, 0.2) is 11.5 Å². The van der Waals surface area contributed by atoms with Crippen LogP contribution in [-0.2, 0) is 20.9 Å². The molecule has 0 spiro atoms. The molecule has 9 nitrogen and oxygen atoms in total. The average Bonchev–Trinajstić information content (AvgIpc) is 2.83. The molecule has 2 aromatic rings. The first-order valence-corrected chi connectivity index (χ1v) is 10.1. The number of methoxy groups -OCH3 is 3. The van der Waals surface area contributed by atoms with E-state index in [2.05, 4.69) is 16.6 Å².